The molecule has 0 bridgehead atoms. The maximum atomic E-state index is 5.87. The van der Waals surface area contributed by atoms with E-state index < -0.39 is 8.56 Å². The third-order valence-electron chi connectivity index (χ3n) is 1.99. The maximum Gasteiger partial charge on any atom is 0.336 e. The summed E-state index contributed by atoms with van der Waals surface area (Å²) in [7, 11) is 0.00420. The standard InChI is InChI=1S/C9H23NO2Si/c1-6-8-13(5,11-7-2)12-9(3)10-4/h9-10H,6-8H2,1-5H3. The first kappa shape index (κ1) is 13.1. The van der Waals surface area contributed by atoms with Crippen molar-refractivity contribution < 1.29 is 8.85 Å². The van der Waals surface area contributed by atoms with E-state index in [1.54, 1.807) is 0 Å². The number of hydrogen-bond acceptors (Lipinski definition) is 3. The minimum Gasteiger partial charge on any atom is -0.395 e. The highest BCUT2D eigenvalue weighted by Gasteiger charge is 2.31. The van der Waals surface area contributed by atoms with Gasteiger partial charge in [0.1, 0.15) is 0 Å². The molecule has 0 rings (SSSR count). The van der Waals surface area contributed by atoms with Gasteiger partial charge in [0.2, 0.25) is 0 Å². The molecule has 0 saturated carbocycles. The zero-order valence-corrected chi connectivity index (χ0v) is 10.5. The lowest BCUT2D eigenvalue weighted by molar-refractivity contribution is 0.114. The molecule has 0 aromatic rings. The summed E-state index contributed by atoms with van der Waals surface area (Å²) in [4.78, 5) is 0. The van der Waals surface area contributed by atoms with E-state index in [0.29, 0.717) is 0 Å². The summed E-state index contributed by atoms with van der Waals surface area (Å²) < 4.78 is 11.6. The first-order valence-electron chi connectivity index (χ1n) is 5.07. The lowest BCUT2D eigenvalue weighted by Gasteiger charge is -2.29. The van der Waals surface area contributed by atoms with Gasteiger partial charge in [-0.25, -0.2) is 0 Å². The molecule has 0 saturated heterocycles. The van der Waals surface area contributed by atoms with Crippen molar-refractivity contribution in [2.75, 3.05) is 13.7 Å². The third kappa shape index (κ3) is 5.41. The average molecular weight is 205 g/mol. The van der Waals surface area contributed by atoms with Crippen LogP contribution >= 0.6 is 0 Å². The van der Waals surface area contributed by atoms with Gasteiger partial charge in [-0.1, -0.05) is 13.3 Å². The van der Waals surface area contributed by atoms with E-state index in [1.807, 2.05) is 20.9 Å². The van der Waals surface area contributed by atoms with Crippen LogP contribution in [0.4, 0.5) is 0 Å². The van der Waals surface area contributed by atoms with Gasteiger partial charge >= 0.3 is 8.56 Å². The van der Waals surface area contributed by atoms with Crippen LogP contribution in [0.25, 0.3) is 0 Å². The van der Waals surface area contributed by atoms with Crippen LogP contribution < -0.4 is 5.32 Å². The SMILES string of the molecule is CCC[Si](C)(OCC)OC(C)NC. The van der Waals surface area contributed by atoms with Gasteiger partial charge in [-0.3, -0.25) is 5.32 Å². The molecular weight excluding hydrogens is 182 g/mol. The molecule has 0 aromatic carbocycles. The summed E-state index contributed by atoms with van der Waals surface area (Å²) in [6.45, 7) is 9.08. The molecule has 0 amide bonds. The molecule has 80 valence electrons. The smallest absolute Gasteiger partial charge is 0.336 e. The Hall–Kier alpha value is 0.0969. The Morgan fingerprint density at radius 3 is 2.38 bits per heavy atom. The van der Waals surface area contributed by atoms with Crippen LogP contribution in [0.15, 0.2) is 0 Å². The van der Waals surface area contributed by atoms with Crippen molar-refractivity contribution in [3.05, 3.63) is 0 Å². The summed E-state index contributed by atoms with van der Waals surface area (Å²) in [6, 6.07) is 1.06. The highest BCUT2D eigenvalue weighted by Crippen LogP contribution is 2.16. The van der Waals surface area contributed by atoms with Crippen molar-refractivity contribution in [3.8, 4) is 0 Å². The lowest BCUT2D eigenvalue weighted by atomic mass is 10.6. The van der Waals surface area contributed by atoms with Gasteiger partial charge in [-0.05, 0) is 33.5 Å². The first-order valence-corrected chi connectivity index (χ1v) is 7.59. The molecular formula is C9H23NO2Si. The molecule has 2 atom stereocenters. The molecule has 0 aliphatic heterocycles. The number of hydrogen-bond donors (Lipinski definition) is 1. The van der Waals surface area contributed by atoms with Crippen molar-refractivity contribution in [3.63, 3.8) is 0 Å². The summed E-state index contributed by atoms with van der Waals surface area (Å²) >= 11 is 0. The van der Waals surface area contributed by atoms with E-state index in [2.05, 4.69) is 18.8 Å². The van der Waals surface area contributed by atoms with Crippen LogP contribution in [0.5, 0.6) is 0 Å². The summed E-state index contributed by atoms with van der Waals surface area (Å²) in [5.74, 6) is 0. The summed E-state index contributed by atoms with van der Waals surface area (Å²) in [5.41, 5.74) is 0. The van der Waals surface area contributed by atoms with Crippen LogP contribution in [-0.2, 0) is 8.85 Å². The maximum absolute atomic E-state index is 5.87. The predicted octanol–water partition coefficient (Wildman–Crippen LogP) is 2.09. The lowest BCUT2D eigenvalue weighted by Crippen LogP contribution is -2.44. The van der Waals surface area contributed by atoms with Gasteiger partial charge in [-0.15, -0.1) is 0 Å². The molecule has 4 heteroatoms. The van der Waals surface area contributed by atoms with Crippen molar-refractivity contribution in [2.45, 2.75) is 46.0 Å². The topological polar surface area (TPSA) is 30.5 Å². The second kappa shape index (κ2) is 6.54. The highest BCUT2D eigenvalue weighted by molar-refractivity contribution is 6.66. The summed E-state index contributed by atoms with van der Waals surface area (Å²) in [6.07, 6.45) is 1.22. The monoisotopic (exact) mass is 205 g/mol. The van der Waals surface area contributed by atoms with Crippen LogP contribution in [0, 0.1) is 0 Å². The molecule has 0 spiro atoms. The normalized spacial score (nSPS) is 18.2. The molecule has 2 unspecified atom stereocenters. The zero-order chi connectivity index (χ0) is 10.3. The van der Waals surface area contributed by atoms with Gasteiger partial charge in [0.25, 0.3) is 0 Å². The minimum absolute atomic E-state index is 0.0924. The fraction of sp³-hybridized carbons (Fsp3) is 1.00. The third-order valence-corrected chi connectivity index (χ3v) is 5.15. The van der Waals surface area contributed by atoms with E-state index in [-0.39, 0.29) is 6.23 Å². The van der Waals surface area contributed by atoms with Crippen LogP contribution in [0.1, 0.15) is 27.2 Å². The largest absolute Gasteiger partial charge is 0.395 e. The van der Waals surface area contributed by atoms with Crippen molar-refractivity contribution in [2.24, 2.45) is 0 Å². The second-order valence-corrected chi connectivity index (χ2v) is 6.66. The van der Waals surface area contributed by atoms with Gasteiger partial charge in [-0.2, -0.15) is 0 Å². The molecule has 0 aliphatic rings. The molecule has 0 aromatic heterocycles. The Morgan fingerprint density at radius 2 is 2.00 bits per heavy atom. The fourth-order valence-corrected chi connectivity index (χ4v) is 4.07. The average Bonchev–Trinajstić information content (AvgIpc) is 2.04. The number of nitrogens with one attached hydrogen (secondary N) is 1. The summed E-state index contributed by atoms with van der Waals surface area (Å²) in [5, 5.41) is 3.07. The van der Waals surface area contributed by atoms with Gasteiger partial charge < -0.3 is 8.85 Å². The van der Waals surface area contributed by atoms with Crippen LogP contribution in [0.3, 0.4) is 0 Å². The first-order chi connectivity index (χ1) is 6.08. The van der Waals surface area contributed by atoms with Gasteiger partial charge in [0.15, 0.2) is 0 Å². The van der Waals surface area contributed by atoms with E-state index in [1.165, 1.54) is 0 Å². The number of rotatable bonds is 7. The predicted molar refractivity (Wildman–Crippen MR) is 57.9 cm³/mol. The Labute approximate surface area is 83.1 Å². The highest BCUT2D eigenvalue weighted by atomic mass is 28.4. The Kier molecular flexibility index (Phi) is 6.58. The zero-order valence-electron chi connectivity index (χ0n) is 9.52. The van der Waals surface area contributed by atoms with Crippen molar-refractivity contribution in [1.82, 2.24) is 5.32 Å². The van der Waals surface area contributed by atoms with Crippen LogP contribution in [-0.4, -0.2) is 28.4 Å². The van der Waals surface area contributed by atoms with Gasteiger partial charge in [0, 0.05) is 6.61 Å². The Bertz CT molecular complexity index is 127. The van der Waals surface area contributed by atoms with E-state index >= 15 is 0 Å². The Morgan fingerprint density at radius 1 is 1.38 bits per heavy atom. The fourth-order valence-electron chi connectivity index (χ4n) is 1.36. The molecule has 0 fully saturated rings. The molecule has 1 N–H and O–H groups in total. The minimum atomic E-state index is -1.90. The van der Waals surface area contributed by atoms with E-state index in [0.717, 1.165) is 19.1 Å². The van der Waals surface area contributed by atoms with Gasteiger partial charge in [0.05, 0.1) is 6.23 Å². The quantitative estimate of drug-likeness (QED) is 0.510. The molecule has 0 aliphatic carbocycles. The second-order valence-electron chi connectivity index (χ2n) is 3.37. The van der Waals surface area contributed by atoms with E-state index in [4.69, 9.17) is 8.85 Å². The van der Waals surface area contributed by atoms with Crippen molar-refractivity contribution >= 4 is 8.56 Å². The Balaban J connectivity index is 4.05. The van der Waals surface area contributed by atoms with E-state index in [9.17, 15) is 0 Å². The molecule has 3 nitrogen and oxygen atoms in total. The molecule has 0 heterocycles. The molecule has 0 radical (unpaired) electrons. The van der Waals surface area contributed by atoms with Crippen LogP contribution in [0.2, 0.25) is 12.6 Å². The van der Waals surface area contributed by atoms with Crippen molar-refractivity contribution in [1.29, 1.82) is 0 Å². The molecule has 13 heavy (non-hydrogen) atoms.